The van der Waals surface area contributed by atoms with E-state index in [0.29, 0.717) is 29.3 Å². The second kappa shape index (κ2) is 8.81. The lowest BCUT2D eigenvalue weighted by molar-refractivity contribution is 0.101. The van der Waals surface area contributed by atoms with Crippen molar-refractivity contribution in [2.45, 2.75) is 13.8 Å². The summed E-state index contributed by atoms with van der Waals surface area (Å²) in [6.45, 7) is 3.93. The maximum Gasteiger partial charge on any atom is 0.274 e. The zero-order valence-electron chi connectivity index (χ0n) is 15.7. The molecule has 3 aromatic rings. The van der Waals surface area contributed by atoms with E-state index in [-0.39, 0.29) is 11.7 Å². The lowest BCUT2D eigenvalue weighted by atomic mass is 10.1. The quantitative estimate of drug-likeness (QED) is 0.586. The molecule has 0 aliphatic rings. The molecule has 2 aromatic carbocycles. The Kier molecular flexibility index (Phi) is 6.01. The lowest BCUT2D eigenvalue weighted by Gasteiger charge is -2.11. The zero-order valence-corrected chi connectivity index (χ0v) is 15.7. The summed E-state index contributed by atoms with van der Waals surface area (Å²) in [5.74, 6) is 0.324. The number of para-hydroxylation sites is 2. The van der Waals surface area contributed by atoms with Crippen molar-refractivity contribution in [1.82, 2.24) is 4.98 Å². The number of ketones is 1. The number of carbonyl (C=O) groups excluding carboxylic acids is 2. The van der Waals surface area contributed by atoms with Gasteiger partial charge >= 0.3 is 0 Å². The van der Waals surface area contributed by atoms with E-state index in [1.807, 2.05) is 31.2 Å². The van der Waals surface area contributed by atoms with E-state index < -0.39 is 0 Å². The van der Waals surface area contributed by atoms with Crippen molar-refractivity contribution in [2.75, 3.05) is 17.2 Å². The third kappa shape index (κ3) is 4.73. The van der Waals surface area contributed by atoms with E-state index in [1.54, 1.807) is 42.6 Å². The number of pyridine rings is 1. The van der Waals surface area contributed by atoms with Crippen LogP contribution in [0.3, 0.4) is 0 Å². The van der Waals surface area contributed by atoms with Gasteiger partial charge in [-0.05, 0) is 62.4 Å². The van der Waals surface area contributed by atoms with Gasteiger partial charge in [-0.25, -0.2) is 4.98 Å². The molecule has 1 aromatic heterocycles. The Balaban J connectivity index is 1.67. The molecule has 0 fully saturated rings. The molecular weight excluding hydrogens is 354 g/mol. The van der Waals surface area contributed by atoms with Gasteiger partial charge in [-0.2, -0.15) is 0 Å². The Bertz CT molecular complexity index is 967. The highest BCUT2D eigenvalue weighted by Crippen LogP contribution is 2.24. The zero-order chi connectivity index (χ0) is 19.9. The van der Waals surface area contributed by atoms with Gasteiger partial charge in [0.15, 0.2) is 5.78 Å². The highest BCUT2D eigenvalue weighted by atomic mass is 16.5. The predicted molar refractivity (Wildman–Crippen MR) is 110 cm³/mol. The number of rotatable bonds is 7. The molecule has 0 radical (unpaired) electrons. The van der Waals surface area contributed by atoms with E-state index in [1.165, 1.54) is 6.92 Å². The fourth-order valence-corrected chi connectivity index (χ4v) is 2.59. The van der Waals surface area contributed by atoms with Crippen LogP contribution >= 0.6 is 0 Å². The Morgan fingerprint density at radius 2 is 1.68 bits per heavy atom. The Morgan fingerprint density at radius 3 is 2.32 bits per heavy atom. The monoisotopic (exact) mass is 375 g/mol. The molecule has 0 bridgehead atoms. The van der Waals surface area contributed by atoms with Gasteiger partial charge in [0.2, 0.25) is 0 Å². The van der Waals surface area contributed by atoms with Crippen molar-refractivity contribution >= 4 is 28.8 Å². The molecule has 0 aliphatic carbocycles. The fourth-order valence-electron chi connectivity index (χ4n) is 2.59. The standard InChI is InChI=1S/C22H21N3O3/c1-3-28-21-7-5-4-6-19(21)25-22(27)20-13-12-18(14-23-20)24-17-10-8-16(9-11-17)15(2)26/h4-14,24H,3H2,1-2H3,(H,25,27). The number of ether oxygens (including phenoxy) is 1. The van der Waals surface area contributed by atoms with Gasteiger partial charge < -0.3 is 15.4 Å². The topological polar surface area (TPSA) is 80.3 Å². The summed E-state index contributed by atoms with van der Waals surface area (Å²) in [5.41, 5.74) is 3.12. The number of benzene rings is 2. The molecule has 6 nitrogen and oxygen atoms in total. The summed E-state index contributed by atoms with van der Waals surface area (Å²) in [6, 6.07) is 17.8. The summed E-state index contributed by atoms with van der Waals surface area (Å²) in [7, 11) is 0. The van der Waals surface area contributed by atoms with Gasteiger partial charge in [0.25, 0.3) is 5.91 Å². The van der Waals surface area contributed by atoms with Crippen LogP contribution in [0.4, 0.5) is 17.1 Å². The van der Waals surface area contributed by atoms with Crippen molar-refractivity contribution in [1.29, 1.82) is 0 Å². The van der Waals surface area contributed by atoms with E-state index >= 15 is 0 Å². The molecule has 142 valence electrons. The number of aromatic nitrogens is 1. The number of nitrogens with one attached hydrogen (secondary N) is 2. The maximum absolute atomic E-state index is 12.5. The van der Waals surface area contributed by atoms with Crippen LogP contribution in [-0.2, 0) is 0 Å². The number of hydrogen-bond donors (Lipinski definition) is 2. The van der Waals surface area contributed by atoms with Crippen LogP contribution in [-0.4, -0.2) is 23.3 Å². The highest BCUT2D eigenvalue weighted by Gasteiger charge is 2.11. The van der Waals surface area contributed by atoms with Crippen LogP contribution in [0.15, 0.2) is 66.9 Å². The molecular formula is C22H21N3O3. The fraction of sp³-hybridized carbons (Fsp3) is 0.136. The molecule has 1 amide bonds. The van der Waals surface area contributed by atoms with Gasteiger partial charge in [-0.3, -0.25) is 9.59 Å². The summed E-state index contributed by atoms with van der Waals surface area (Å²) in [5, 5.41) is 6.01. The first-order valence-corrected chi connectivity index (χ1v) is 8.94. The van der Waals surface area contributed by atoms with Crippen molar-refractivity contribution in [3.05, 3.63) is 78.1 Å². The lowest BCUT2D eigenvalue weighted by Crippen LogP contribution is -2.14. The summed E-state index contributed by atoms with van der Waals surface area (Å²) in [4.78, 5) is 28.0. The Morgan fingerprint density at radius 1 is 0.964 bits per heavy atom. The number of hydrogen-bond acceptors (Lipinski definition) is 5. The first kappa shape index (κ1) is 19.1. The number of nitrogens with zero attached hydrogens (tertiary/aromatic N) is 1. The molecule has 28 heavy (non-hydrogen) atoms. The van der Waals surface area contributed by atoms with Crippen LogP contribution < -0.4 is 15.4 Å². The summed E-state index contributed by atoms with van der Waals surface area (Å²) >= 11 is 0. The molecule has 0 spiro atoms. The molecule has 3 rings (SSSR count). The van der Waals surface area contributed by atoms with E-state index in [2.05, 4.69) is 15.6 Å². The van der Waals surface area contributed by atoms with Crippen molar-refractivity contribution in [3.63, 3.8) is 0 Å². The number of anilines is 3. The van der Waals surface area contributed by atoms with Crippen LogP contribution in [0.25, 0.3) is 0 Å². The molecule has 0 atom stereocenters. The van der Waals surface area contributed by atoms with E-state index in [4.69, 9.17) is 4.74 Å². The molecule has 0 saturated carbocycles. The normalized spacial score (nSPS) is 10.2. The third-order valence-electron chi connectivity index (χ3n) is 4.01. The van der Waals surface area contributed by atoms with Gasteiger partial charge in [-0.1, -0.05) is 12.1 Å². The number of carbonyl (C=O) groups is 2. The first-order valence-electron chi connectivity index (χ1n) is 8.94. The van der Waals surface area contributed by atoms with Crippen molar-refractivity contribution < 1.29 is 14.3 Å². The molecule has 2 N–H and O–H groups in total. The van der Waals surface area contributed by atoms with Crippen LogP contribution in [0.1, 0.15) is 34.7 Å². The Labute approximate surface area is 163 Å². The molecule has 1 heterocycles. The van der Waals surface area contributed by atoms with Crippen LogP contribution in [0.2, 0.25) is 0 Å². The smallest absolute Gasteiger partial charge is 0.274 e. The second-order valence-corrected chi connectivity index (χ2v) is 6.07. The van der Waals surface area contributed by atoms with E-state index in [0.717, 1.165) is 11.4 Å². The molecule has 0 aliphatic heterocycles. The minimum absolute atomic E-state index is 0.0227. The number of Topliss-reactive ketones (excluding diaryl/α,β-unsaturated/α-hetero) is 1. The molecule has 6 heteroatoms. The van der Waals surface area contributed by atoms with Gasteiger partial charge in [0.1, 0.15) is 11.4 Å². The van der Waals surface area contributed by atoms with Crippen molar-refractivity contribution in [3.8, 4) is 5.75 Å². The summed E-state index contributed by atoms with van der Waals surface area (Å²) < 4.78 is 5.52. The van der Waals surface area contributed by atoms with Gasteiger partial charge in [0, 0.05) is 11.3 Å². The average Bonchev–Trinajstić information content (AvgIpc) is 2.70. The van der Waals surface area contributed by atoms with Gasteiger partial charge in [-0.15, -0.1) is 0 Å². The molecule has 0 unspecified atom stereocenters. The molecule has 0 saturated heterocycles. The number of amides is 1. The minimum atomic E-state index is -0.315. The minimum Gasteiger partial charge on any atom is -0.492 e. The first-order chi connectivity index (χ1) is 13.6. The predicted octanol–water partition coefficient (Wildman–Crippen LogP) is 4.68. The highest BCUT2D eigenvalue weighted by molar-refractivity contribution is 6.03. The van der Waals surface area contributed by atoms with Crippen LogP contribution in [0, 0.1) is 0 Å². The second-order valence-electron chi connectivity index (χ2n) is 6.07. The van der Waals surface area contributed by atoms with E-state index in [9.17, 15) is 9.59 Å². The van der Waals surface area contributed by atoms with Crippen LogP contribution in [0.5, 0.6) is 5.75 Å². The SMILES string of the molecule is CCOc1ccccc1NC(=O)c1ccc(Nc2ccc(C(C)=O)cc2)cn1. The maximum atomic E-state index is 12.5. The third-order valence-corrected chi connectivity index (χ3v) is 4.01. The van der Waals surface area contributed by atoms with Crippen molar-refractivity contribution in [2.24, 2.45) is 0 Å². The largest absolute Gasteiger partial charge is 0.492 e. The summed E-state index contributed by atoms with van der Waals surface area (Å²) in [6.07, 6.45) is 1.59. The average molecular weight is 375 g/mol. The Hall–Kier alpha value is -3.67. The van der Waals surface area contributed by atoms with Gasteiger partial charge in [0.05, 0.1) is 24.2 Å².